The van der Waals surface area contributed by atoms with Crippen molar-refractivity contribution in [1.82, 2.24) is 5.32 Å². The predicted octanol–water partition coefficient (Wildman–Crippen LogP) is 22.6. The number of carbonyl (C=O) groups excluding carboxylic acids is 2. The molecule has 0 rings (SSSR count). The Hall–Kier alpha value is -2.44. The van der Waals surface area contributed by atoms with Gasteiger partial charge in [0.1, 0.15) is 0 Å². The number of nitrogens with one attached hydrogen (secondary N) is 1. The first kappa shape index (κ1) is 76.6. The number of esters is 1. The van der Waals surface area contributed by atoms with Gasteiger partial charge in [-0.15, -0.1) is 0 Å². The number of rotatable bonds is 65. The van der Waals surface area contributed by atoms with Crippen LogP contribution in [0.2, 0.25) is 0 Å². The highest BCUT2D eigenvalue weighted by Crippen LogP contribution is 2.18. The first-order valence-electron chi connectivity index (χ1n) is 35.1. The summed E-state index contributed by atoms with van der Waals surface area (Å²) < 4.78 is 5.47. The Kier molecular flexibility index (Phi) is 66.0. The molecule has 2 atom stereocenters. The third-order valence-electron chi connectivity index (χ3n) is 16.0. The Bertz CT molecular complexity index is 1370. The van der Waals surface area contributed by atoms with Crippen molar-refractivity contribution in [2.45, 2.75) is 379 Å². The quantitative estimate of drug-likeness (QED) is 0.0320. The van der Waals surface area contributed by atoms with E-state index in [9.17, 15) is 19.8 Å². The molecule has 0 aliphatic heterocycles. The lowest BCUT2D eigenvalue weighted by Gasteiger charge is -2.20. The van der Waals surface area contributed by atoms with E-state index in [-0.39, 0.29) is 18.5 Å². The minimum absolute atomic E-state index is 0.00203. The molecule has 0 spiro atoms. The first-order valence-corrected chi connectivity index (χ1v) is 35.1. The number of amides is 1. The molecule has 0 heterocycles. The molecule has 0 aliphatic carbocycles. The zero-order valence-electron chi connectivity index (χ0n) is 52.9. The lowest BCUT2D eigenvalue weighted by atomic mass is 10.0. The van der Waals surface area contributed by atoms with Gasteiger partial charge in [-0.25, -0.2) is 0 Å². The van der Waals surface area contributed by atoms with E-state index in [4.69, 9.17) is 4.74 Å². The normalized spacial score (nSPS) is 12.9. The van der Waals surface area contributed by atoms with Gasteiger partial charge in [-0.1, -0.05) is 325 Å². The predicted molar refractivity (Wildman–Crippen MR) is 347 cm³/mol. The molecule has 0 saturated carbocycles. The van der Waals surface area contributed by atoms with Crippen molar-refractivity contribution in [3.63, 3.8) is 0 Å². The summed E-state index contributed by atoms with van der Waals surface area (Å²) in [6.45, 7) is 4.87. The van der Waals surface area contributed by atoms with Gasteiger partial charge in [0.15, 0.2) is 0 Å². The van der Waals surface area contributed by atoms with Gasteiger partial charge in [0, 0.05) is 12.8 Å². The van der Waals surface area contributed by atoms with Crippen LogP contribution in [-0.4, -0.2) is 47.4 Å². The van der Waals surface area contributed by atoms with Gasteiger partial charge >= 0.3 is 5.97 Å². The molecule has 0 fully saturated rings. The third-order valence-corrected chi connectivity index (χ3v) is 16.0. The summed E-state index contributed by atoms with van der Waals surface area (Å²) in [7, 11) is 0. The number of hydrogen-bond donors (Lipinski definition) is 3. The summed E-state index contributed by atoms with van der Waals surface area (Å²) in [5.41, 5.74) is 0. The molecule has 0 saturated heterocycles. The van der Waals surface area contributed by atoms with Crippen LogP contribution in [-0.2, 0) is 14.3 Å². The number of carbonyl (C=O) groups is 2. The average molecular weight is 1110 g/mol. The van der Waals surface area contributed by atoms with Gasteiger partial charge in [0.05, 0.1) is 25.4 Å². The van der Waals surface area contributed by atoms with Crippen molar-refractivity contribution in [1.29, 1.82) is 0 Å². The van der Waals surface area contributed by atoms with E-state index in [0.717, 1.165) is 57.8 Å². The topological polar surface area (TPSA) is 95.9 Å². The van der Waals surface area contributed by atoms with Gasteiger partial charge in [-0.2, -0.15) is 0 Å². The molecule has 462 valence electrons. The van der Waals surface area contributed by atoms with E-state index in [1.54, 1.807) is 6.08 Å². The number of aliphatic hydroxyl groups excluding tert-OH is 2. The van der Waals surface area contributed by atoms with Crippen molar-refractivity contribution in [2.75, 3.05) is 13.2 Å². The maximum atomic E-state index is 12.5. The van der Waals surface area contributed by atoms with Crippen LogP contribution in [0, 0.1) is 0 Å². The van der Waals surface area contributed by atoms with Crippen LogP contribution in [0.25, 0.3) is 0 Å². The Morgan fingerprint density at radius 3 is 1.00 bits per heavy atom. The second kappa shape index (κ2) is 68.1. The smallest absolute Gasteiger partial charge is 0.305 e. The van der Waals surface area contributed by atoms with Crippen LogP contribution in [0.3, 0.4) is 0 Å². The van der Waals surface area contributed by atoms with Crippen molar-refractivity contribution in [3.8, 4) is 0 Å². The Labute approximate surface area is 492 Å². The maximum Gasteiger partial charge on any atom is 0.305 e. The fraction of sp³-hybridized carbons (Fsp3) is 0.836. The van der Waals surface area contributed by atoms with E-state index in [1.165, 1.54) is 283 Å². The zero-order valence-corrected chi connectivity index (χ0v) is 52.9. The molecule has 0 radical (unpaired) electrons. The summed E-state index contributed by atoms with van der Waals surface area (Å²) in [6, 6.07) is -0.629. The van der Waals surface area contributed by atoms with Crippen LogP contribution < -0.4 is 5.32 Å². The zero-order chi connectivity index (χ0) is 57.1. The standard InChI is InChI=1S/C73H135NO5/c1-3-5-7-9-11-13-15-17-19-35-38-41-45-49-53-57-61-65-71(76)70(69-75)74-72(77)66-62-58-54-50-46-42-39-36-33-31-29-27-25-23-21-20-22-24-26-28-30-32-34-37-40-44-48-52-56-60-64-68-79-73(78)67-63-59-55-51-47-43-18-16-14-12-10-8-6-4-2/h10,12,16,18,22,24,28,30,61,65,70-71,75-76H,3-9,11,13-15,17,19-21,23,25-27,29,31-60,62-64,66-69H2,1-2H3,(H,74,77)/b12-10-,18-16-,24-22-,30-28-,65-61+. The minimum Gasteiger partial charge on any atom is -0.466 e. The Morgan fingerprint density at radius 2 is 0.646 bits per heavy atom. The van der Waals surface area contributed by atoms with Crippen LogP contribution in [0.4, 0.5) is 0 Å². The lowest BCUT2D eigenvalue weighted by molar-refractivity contribution is -0.143. The number of unbranched alkanes of at least 4 members (excludes halogenated alkanes) is 46. The van der Waals surface area contributed by atoms with E-state index >= 15 is 0 Å². The molecule has 0 aliphatic rings. The van der Waals surface area contributed by atoms with Crippen LogP contribution >= 0.6 is 0 Å². The molecule has 2 unspecified atom stereocenters. The van der Waals surface area contributed by atoms with Gasteiger partial charge in [-0.3, -0.25) is 9.59 Å². The van der Waals surface area contributed by atoms with Crippen LogP contribution in [0.1, 0.15) is 367 Å². The molecule has 0 aromatic heterocycles. The van der Waals surface area contributed by atoms with Crippen molar-refractivity contribution in [2.24, 2.45) is 0 Å². The molecule has 0 aromatic rings. The van der Waals surface area contributed by atoms with E-state index in [2.05, 4.69) is 67.8 Å². The van der Waals surface area contributed by atoms with Gasteiger partial charge < -0.3 is 20.3 Å². The molecule has 0 bridgehead atoms. The fourth-order valence-electron chi connectivity index (χ4n) is 10.6. The summed E-state index contributed by atoms with van der Waals surface area (Å²) in [5, 5.41) is 23.2. The minimum atomic E-state index is -0.845. The Balaban J connectivity index is 3.42. The summed E-state index contributed by atoms with van der Waals surface area (Å²) in [6.07, 6.45) is 90.1. The fourth-order valence-corrected chi connectivity index (χ4v) is 10.6. The molecule has 6 heteroatoms. The second-order valence-corrected chi connectivity index (χ2v) is 23.9. The van der Waals surface area contributed by atoms with Crippen molar-refractivity contribution >= 4 is 11.9 Å². The average Bonchev–Trinajstić information content (AvgIpc) is 3.45. The van der Waals surface area contributed by atoms with Crippen molar-refractivity contribution in [3.05, 3.63) is 60.8 Å². The molecular weight excluding hydrogens is 971 g/mol. The van der Waals surface area contributed by atoms with Crippen LogP contribution in [0.5, 0.6) is 0 Å². The number of allylic oxidation sites excluding steroid dienone is 9. The Morgan fingerprint density at radius 1 is 0.354 bits per heavy atom. The van der Waals surface area contributed by atoms with Crippen LogP contribution in [0.15, 0.2) is 60.8 Å². The highest BCUT2D eigenvalue weighted by molar-refractivity contribution is 5.76. The second-order valence-electron chi connectivity index (χ2n) is 23.9. The third kappa shape index (κ3) is 64.6. The molecule has 6 nitrogen and oxygen atoms in total. The monoisotopic (exact) mass is 1110 g/mol. The maximum absolute atomic E-state index is 12.5. The molecule has 3 N–H and O–H groups in total. The number of ether oxygens (including phenoxy) is 1. The molecular formula is C73H135NO5. The summed E-state index contributed by atoms with van der Waals surface area (Å²) in [5.74, 6) is -0.0675. The number of hydrogen-bond acceptors (Lipinski definition) is 5. The largest absolute Gasteiger partial charge is 0.466 e. The highest BCUT2D eigenvalue weighted by Gasteiger charge is 2.18. The highest BCUT2D eigenvalue weighted by atomic mass is 16.5. The first-order chi connectivity index (χ1) is 39.0. The van der Waals surface area contributed by atoms with Gasteiger partial charge in [0.2, 0.25) is 5.91 Å². The van der Waals surface area contributed by atoms with Crippen molar-refractivity contribution < 1.29 is 24.5 Å². The SMILES string of the molecule is CCCC/C=C\C/C=C\CCCCCCCC(=O)OCCCCCCCCCCC/C=C\C/C=C\CCCCCCCCCCCCCCCCCC(=O)NC(CO)C(O)/C=C/CCCCCCCCCCCCCCCCC. The summed E-state index contributed by atoms with van der Waals surface area (Å²) >= 11 is 0. The molecule has 79 heavy (non-hydrogen) atoms. The lowest BCUT2D eigenvalue weighted by Crippen LogP contribution is -2.45. The molecule has 1 amide bonds. The van der Waals surface area contributed by atoms with Gasteiger partial charge in [-0.05, 0) is 89.9 Å². The van der Waals surface area contributed by atoms with Gasteiger partial charge in [0.25, 0.3) is 0 Å². The number of aliphatic hydroxyl groups is 2. The molecule has 0 aromatic carbocycles. The van der Waals surface area contributed by atoms with E-state index in [1.807, 2.05) is 6.08 Å². The van der Waals surface area contributed by atoms with E-state index in [0.29, 0.717) is 19.4 Å². The summed E-state index contributed by atoms with van der Waals surface area (Å²) in [4.78, 5) is 24.5. The van der Waals surface area contributed by atoms with E-state index < -0.39 is 12.1 Å².